The maximum atomic E-state index is 11.9. The van der Waals surface area contributed by atoms with Crippen LogP contribution in [0.2, 0.25) is 0 Å². The number of amides is 1. The maximum Gasteiger partial charge on any atom is 0.320 e. The smallest absolute Gasteiger partial charge is 0.320 e. The number of carbonyl (C=O) groups excluding carboxylic acids is 1. The van der Waals surface area contributed by atoms with Gasteiger partial charge in [0.15, 0.2) is 0 Å². The van der Waals surface area contributed by atoms with Gasteiger partial charge in [-0.3, -0.25) is 14.5 Å². The van der Waals surface area contributed by atoms with Gasteiger partial charge in [-0.1, -0.05) is 20.3 Å². The van der Waals surface area contributed by atoms with E-state index in [4.69, 9.17) is 5.11 Å². The Labute approximate surface area is 115 Å². The molecule has 0 spiro atoms. The van der Waals surface area contributed by atoms with Crippen LogP contribution in [0.1, 0.15) is 46.0 Å². The van der Waals surface area contributed by atoms with Gasteiger partial charge >= 0.3 is 5.97 Å². The fraction of sp³-hybridized carbons (Fsp3) is 0.857. The number of likely N-dealkylation sites (tertiary alicyclic amines) is 1. The van der Waals surface area contributed by atoms with Gasteiger partial charge in [0, 0.05) is 12.5 Å². The first kappa shape index (κ1) is 16.0. The van der Waals surface area contributed by atoms with E-state index in [-0.39, 0.29) is 11.8 Å². The summed E-state index contributed by atoms with van der Waals surface area (Å²) in [6, 6.07) is -0.399. The maximum absolute atomic E-state index is 11.9. The summed E-state index contributed by atoms with van der Waals surface area (Å²) in [6.45, 7) is 6.15. The Morgan fingerprint density at radius 1 is 1.32 bits per heavy atom. The zero-order chi connectivity index (χ0) is 14.3. The van der Waals surface area contributed by atoms with Crippen LogP contribution in [0.25, 0.3) is 0 Å². The van der Waals surface area contributed by atoms with Crippen LogP contribution in [0.5, 0.6) is 0 Å². The molecule has 0 radical (unpaired) electrons. The van der Waals surface area contributed by atoms with Crippen LogP contribution in [0.4, 0.5) is 0 Å². The third kappa shape index (κ3) is 4.82. The lowest BCUT2D eigenvalue weighted by molar-refractivity contribution is -0.144. The molecule has 0 aromatic rings. The highest BCUT2D eigenvalue weighted by Gasteiger charge is 2.30. The molecule has 1 amide bonds. The highest BCUT2D eigenvalue weighted by atomic mass is 16.4. The molecule has 5 heteroatoms. The van der Waals surface area contributed by atoms with E-state index in [1.54, 1.807) is 0 Å². The lowest BCUT2D eigenvalue weighted by Crippen LogP contribution is -2.47. The Morgan fingerprint density at radius 2 is 1.95 bits per heavy atom. The average molecular weight is 270 g/mol. The normalized spacial score (nSPS) is 19.1. The van der Waals surface area contributed by atoms with Crippen LogP contribution in [0, 0.1) is 5.92 Å². The number of unbranched alkanes of at least 4 members (excludes halogenated alkanes) is 1. The topological polar surface area (TPSA) is 69.6 Å². The summed E-state index contributed by atoms with van der Waals surface area (Å²) in [5.41, 5.74) is 0. The van der Waals surface area contributed by atoms with Gasteiger partial charge in [0.25, 0.3) is 0 Å². The Kier molecular flexibility index (Phi) is 6.84. The van der Waals surface area contributed by atoms with E-state index in [1.807, 2.05) is 11.8 Å². The van der Waals surface area contributed by atoms with Crippen molar-refractivity contribution in [3.8, 4) is 0 Å². The van der Waals surface area contributed by atoms with Gasteiger partial charge in [0.1, 0.15) is 6.04 Å². The van der Waals surface area contributed by atoms with Gasteiger partial charge < -0.3 is 10.4 Å². The van der Waals surface area contributed by atoms with Crippen LogP contribution in [-0.2, 0) is 9.59 Å². The Morgan fingerprint density at radius 3 is 2.42 bits per heavy atom. The van der Waals surface area contributed by atoms with E-state index in [1.165, 1.54) is 0 Å². The monoisotopic (exact) mass is 270 g/mol. The number of carboxylic acids is 1. The molecule has 1 unspecified atom stereocenters. The van der Waals surface area contributed by atoms with Crippen molar-refractivity contribution >= 4 is 11.9 Å². The molecule has 0 aromatic carbocycles. The third-order valence-electron chi connectivity index (χ3n) is 3.84. The van der Waals surface area contributed by atoms with Crippen LogP contribution in [-0.4, -0.2) is 47.6 Å². The number of rotatable bonds is 7. The minimum atomic E-state index is -0.756. The summed E-state index contributed by atoms with van der Waals surface area (Å²) >= 11 is 0. The first-order valence-electron chi connectivity index (χ1n) is 7.34. The second-order valence-electron chi connectivity index (χ2n) is 5.22. The highest BCUT2D eigenvalue weighted by Crippen LogP contribution is 2.20. The first-order valence-corrected chi connectivity index (χ1v) is 7.34. The number of hydrogen-bond acceptors (Lipinski definition) is 3. The molecular weight excluding hydrogens is 244 g/mol. The van der Waals surface area contributed by atoms with Gasteiger partial charge in [-0.15, -0.1) is 0 Å². The van der Waals surface area contributed by atoms with Gasteiger partial charge in [-0.2, -0.15) is 0 Å². The van der Waals surface area contributed by atoms with Gasteiger partial charge in [0.2, 0.25) is 5.91 Å². The summed E-state index contributed by atoms with van der Waals surface area (Å²) in [6.07, 6.45) is 4.24. The molecule has 1 atom stereocenters. The molecule has 1 fully saturated rings. The summed E-state index contributed by atoms with van der Waals surface area (Å²) in [7, 11) is 0. The molecule has 1 aliphatic rings. The molecule has 1 aliphatic heterocycles. The van der Waals surface area contributed by atoms with Crippen molar-refractivity contribution in [3.63, 3.8) is 0 Å². The quantitative estimate of drug-likeness (QED) is 0.687. The lowest BCUT2D eigenvalue weighted by atomic mass is 9.94. The predicted octanol–water partition coefficient (Wildman–Crippen LogP) is 1.48. The molecule has 2 N–H and O–H groups in total. The van der Waals surface area contributed by atoms with Crippen LogP contribution < -0.4 is 5.32 Å². The zero-order valence-corrected chi connectivity index (χ0v) is 12.0. The van der Waals surface area contributed by atoms with E-state index in [0.29, 0.717) is 19.5 Å². The van der Waals surface area contributed by atoms with Crippen molar-refractivity contribution in [3.05, 3.63) is 0 Å². The highest BCUT2D eigenvalue weighted by molar-refractivity contribution is 5.78. The molecule has 0 aliphatic carbocycles. The number of carboxylic acid groups (broad SMARTS) is 1. The molecule has 1 rings (SSSR count). The molecule has 0 bridgehead atoms. The molecule has 19 heavy (non-hydrogen) atoms. The molecule has 1 saturated heterocycles. The Bertz CT molecular complexity index is 299. The van der Waals surface area contributed by atoms with Crippen molar-refractivity contribution in [1.82, 2.24) is 10.2 Å². The lowest BCUT2D eigenvalue weighted by Gasteiger charge is -2.34. The van der Waals surface area contributed by atoms with E-state index in [9.17, 15) is 9.59 Å². The summed E-state index contributed by atoms with van der Waals surface area (Å²) in [5.74, 6) is -0.566. The molecule has 0 saturated carbocycles. The average Bonchev–Trinajstić information content (AvgIpc) is 2.40. The fourth-order valence-electron chi connectivity index (χ4n) is 2.60. The molecule has 1 heterocycles. The Balaban J connectivity index is 2.35. The number of nitrogens with one attached hydrogen (secondary N) is 1. The van der Waals surface area contributed by atoms with Crippen molar-refractivity contribution in [2.24, 2.45) is 5.92 Å². The summed E-state index contributed by atoms with van der Waals surface area (Å²) in [5, 5.41) is 12.1. The fourth-order valence-corrected chi connectivity index (χ4v) is 2.60. The summed E-state index contributed by atoms with van der Waals surface area (Å²) < 4.78 is 0. The van der Waals surface area contributed by atoms with Crippen LogP contribution in [0.3, 0.4) is 0 Å². The van der Waals surface area contributed by atoms with Crippen molar-refractivity contribution in [2.75, 3.05) is 19.6 Å². The first-order chi connectivity index (χ1) is 9.10. The third-order valence-corrected chi connectivity index (χ3v) is 3.84. The van der Waals surface area contributed by atoms with Gasteiger partial charge in [0.05, 0.1) is 0 Å². The number of nitrogens with zero attached hydrogens (tertiary/aromatic N) is 1. The number of hydrogen-bond donors (Lipinski definition) is 2. The standard InChI is InChI=1S/C14H26N2O3/c1-3-5-8-15-13(17)11-6-9-16(10-7-11)12(4-2)14(18)19/h11-12H,3-10H2,1-2H3,(H,15,17)(H,18,19). The number of aliphatic carboxylic acids is 1. The molecule has 110 valence electrons. The van der Waals surface area contributed by atoms with Crippen LogP contribution >= 0.6 is 0 Å². The predicted molar refractivity (Wildman–Crippen MR) is 73.9 cm³/mol. The van der Waals surface area contributed by atoms with Gasteiger partial charge in [-0.25, -0.2) is 0 Å². The minimum Gasteiger partial charge on any atom is -0.480 e. The van der Waals surface area contributed by atoms with Crippen LogP contribution in [0.15, 0.2) is 0 Å². The second kappa shape index (κ2) is 8.15. The largest absolute Gasteiger partial charge is 0.480 e. The van der Waals surface area contributed by atoms with E-state index in [0.717, 1.165) is 32.2 Å². The van der Waals surface area contributed by atoms with E-state index < -0.39 is 12.0 Å². The minimum absolute atomic E-state index is 0.0550. The van der Waals surface area contributed by atoms with Crippen molar-refractivity contribution in [2.45, 2.75) is 52.0 Å². The zero-order valence-electron chi connectivity index (χ0n) is 12.0. The number of piperidine rings is 1. The molecule has 0 aromatic heterocycles. The second-order valence-corrected chi connectivity index (χ2v) is 5.22. The summed E-state index contributed by atoms with van der Waals surface area (Å²) in [4.78, 5) is 25.0. The van der Waals surface area contributed by atoms with E-state index in [2.05, 4.69) is 12.2 Å². The Hall–Kier alpha value is -1.10. The SMILES string of the molecule is CCCCNC(=O)C1CCN(C(CC)C(=O)O)CC1. The molecular formula is C14H26N2O3. The van der Waals surface area contributed by atoms with Crippen molar-refractivity contribution < 1.29 is 14.7 Å². The van der Waals surface area contributed by atoms with Crippen molar-refractivity contribution in [1.29, 1.82) is 0 Å². The van der Waals surface area contributed by atoms with Gasteiger partial charge in [-0.05, 0) is 38.8 Å². The van der Waals surface area contributed by atoms with E-state index >= 15 is 0 Å². The molecule has 5 nitrogen and oxygen atoms in total. The number of carbonyl (C=O) groups is 2.